The molecule has 0 unspecified atom stereocenters. The lowest BCUT2D eigenvalue weighted by Gasteiger charge is -2.36. The molecule has 1 aromatic carbocycles. The first-order chi connectivity index (χ1) is 12.0. The van der Waals surface area contributed by atoms with Gasteiger partial charge in [-0.1, -0.05) is 30.3 Å². The van der Waals surface area contributed by atoms with Crippen molar-refractivity contribution in [1.82, 2.24) is 10.2 Å². The lowest BCUT2D eigenvalue weighted by Crippen LogP contribution is -2.51. The van der Waals surface area contributed by atoms with E-state index in [1.165, 1.54) is 0 Å². The highest BCUT2D eigenvalue weighted by molar-refractivity contribution is 5.79. The standard InChI is InChI=1S/C18H26N2O5/c1-2-24-16(21)18(23)8-11-20(12-9-18)13-10-19-17(22)25-14-15-6-4-3-5-7-15/h3-7,23H,2,8-14H2,1H3,(H,19,22). The molecule has 0 bridgehead atoms. The summed E-state index contributed by atoms with van der Waals surface area (Å²) in [7, 11) is 0. The second-order valence-electron chi connectivity index (χ2n) is 6.08. The smallest absolute Gasteiger partial charge is 0.407 e. The second-order valence-corrected chi connectivity index (χ2v) is 6.08. The molecule has 0 aliphatic carbocycles. The van der Waals surface area contributed by atoms with Crippen LogP contribution in [-0.4, -0.2) is 60.5 Å². The molecule has 7 heteroatoms. The highest BCUT2D eigenvalue weighted by atomic mass is 16.6. The van der Waals surface area contributed by atoms with Crippen LogP contribution in [0.3, 0.4) is 0 Å². The number of carbonyl (C=O) groups is 2. The maximum atomic E-state index is 11.8. The van der Waals surface area contributed by atoms with Gasteiger partial charge in [-0.25, -0.2) is 9.59 Å². The van der Waals surface area contributed by atoms with Gasteiger partial charge in [-0.15, -0.1) is 0 Å². The zero-order chi connectivity index (χ0) is 18.1. The molecule has 0 saturated carbocycles. The molecule has 1 saturated heterocycles. The first kappa shape index (κ1) is 19.2. The summed E-state index contributed by atoms with van der Waals surface area (Å²) < 4.78 is 10.1. The Morgan fingerprint density at radius 2 is 1.88 bits per heavy atom. The Hall–Kier alpha value is -2.12. The largest absolute Gasteiger partial charge is 0.464 e. The molecule has 0 spiro atoms. The van der Waals surface area contributed by atoms with Crippen LogP contribution in [-0.2, 0) is 20.9 Å². The van der Waals surface area contributed by atoms with Gasteiger partial charge in [0.1, 0.15) is 6.61 Å². The minimum Gasteiger partial charge on any atom is -0.464 e. The predicted octanol–water partition coefficient (Wildman–Crippen LogP) is 1.30. The highest BCUT2D eigenvalue weighted by Gasteiger charge is 2.40. The molecule has 0 aromatic heterocycles. The van der Waals surface area contributed by atoms with Crippen LogP contribution < -0.4 is 5.32 Å². The number of piperidine rings is 1. The Morgan fingerprint density at radius 3 is 2.52 bits per heavy atom. The van der Waals surface area contributed by atoms with E-state index in [4.69, 9.17) is 9.47 Å². The number of esters is 1. The van der Waals surface area contributed by atoms with Crippen LogP contribution in [0.5, 0.6) is 0 Å². The van der Waals surface area contributed by atoms with Crippen LogP contribution in [0.15, 0.2) is 30.3 Å². The lowest BCUT2D eigenvalue weighted by molar-refractivity contribution is -0.169. The van der Waals surface area contributed by atoms with E-state index in [9.17, 15) is 14.7 Å². The Balaban J connectivity index is 1.61. The molecular weight excluding hydrogens is 324 g/mol. The fourth-order valence-electron chi connectivity index (χ4n) is 2.71. The molecule has 0 radical (unpaired) electrons. The number of aliphatic hydroxyl groups is 1. The van der Waals surface area contributed by atoms with Gasteiger partial charge in [0.25, 0.3) is 0 Å². The summed E-state index contributed by atoms with van der Waals surface area (Å²) in [6.07, 6.45) is 0.220. The molecule has 138 valence electrons. The lowest BCUT2D eigenvalue weighted by atomic mass is 9.91. The summed E-state index contributed by atoms with van der Waals surface area (Å²) in [4.78, 5) is 25.5. The average molecular weight is 350 g/mol. The zero-order valence-corrected chi connectivity index (χ0v) is 14.6. The first-order valence-electron chi connectivity index (χ1n) is 8.60. The fraction of sp³-hybridized carbons (Fsp3) is 0.556. The second kappa shape index (κ2) is 9.39. The fourth-order valence-corrected chi connectivity index (χ4v) is 2.71. The molecule has 1 aromatic rings. The van der Waals surface area contributed by atoms with E-state index in [-0.39, 0.29) is 13.2 Å². The number of hydrogen-bond acceptors (Lipinski definition) is 6. The zero-order valence-electron chi connectivity index (χ0n) is 14.6. The maximum absolute atomic E-state index is 11.8. The van der Waals surface area contributed by atoms with E-state index in [0.717, 1.165) is 5.56 Å². The number of likely N-dealkylation sites (tertiary alicyclic amines) is 1. The van der Waals surface area contributed by atoms with Gasteiger partial charge in [0, 0.05) is 26.2 Å². The number of amides is 1. The van der Waals surface area contributed by atoms with E-state index < -0.39 is 17.7 Å². The summed E-state index contributed by atoms with van der Waals surface area (Å²) in [5.41, 5.74) is -0.443. The number of alkyl carbamates (subject to hydrolysis) is 1. The SMILES string of the molecule is CCOC(=O)C1(O)CCN(CCNC(=O)OCc2ccccc2)CC1. The molecule has 7 nitrogen and oxygen atoms in total. The molecule has 1 heterocycles. The molecule has 1 amide bonds. The molecule has 0 atom stereocenters. The third kappa shape index (κ3) is 6.03. The molecule has 2 N–H and O–H groups in total. The Morgan fingerprint density at radius 1 is 1.20 bits per heavy atom. The Bertz CT molecular complexity index is 556. The summed E-state index contributed by atoms with van der Waals surface area (Å²) in [5.74, 6) is -0.544. The van der Waals surface area contributed by atoms with Crippen molar-refractivity contribution in [2.75, 3.05) is 32.8 Å². The number of nitrogens with zero attached hydrogens (tertiary/aromatic N) is 1. The monoisotopic (exact) mass is 350 g/mol. The van der Waals surface area contributed by atoms with E-state index in [2.05, 4.69) is 10.2 Å². The minimum absolute atomic E-state index is 0.239. The van der Waals surface area contributed by atoms with Gasteiger partial charge in [0.05, 0.1) is 6.61 Å². The molecule has 1 aliphatic heterocycles. The third-order valence-corrected chi connectivity index (χ3v) is 4.25. The van der Waals surface area contributed by atoms with Crippen LogP contribution in [0.4, 0.5) is 4.79 Å². The average Bonchev–Trinajstić information content (AvgIpc) is 2.63. The van der Waals surface area contributed by atoms with Gasteiger partial charge in [0.2, 0.25) is 0 Å². The summed E-state index contributed by atoms with van der Waals surface area (Å²) in [5, 5.41) is 13.0. The minimum atomic E-state index is -1.38. The van der Waals surface area contributed by atoms with Gasteiger partial charge >= 0.3 is 12.1 Å². The molecule has 2 rings (SSSR count). The van der Waals surface area contributed by atoms with Crippen molar-refractivity contribution in [2.24, 2.45) is 0 Å². The number of hydrogen-bond donors (Lipinski definition) is 2. The Labute approximate surface area is 147 Å². The van der Waals surface area contributed by atoms with Crippen molar-refractivity contribution >= 4 is 12.1 Å². The van der Waals surface area contributed by atoms with Gasteiger partial charge in [-0.2, -0.15) is 0 Å². The van der Waals surface area contributed by atoms with Crippen molar-refractivity contribution < 1.29 is 24.2 Å². The highest BCUT2D eigenvalue weighted by Crippen LogP contribution is 2.23. The summed E-state index contributed by atoms with van der Waals surface area (Å²) in [6, 6.07) is 9.48. The molecule has 1 aliphatic rings. The van der Waals surface area contributed by atoms with E-state index >= 15 is 0 Å². The van der Waals surface area contributed by atoms with E-state index in [0.29, 0.717) is 39.0 Å². The van der Waals surface area contributed by atoms with Crippen molar-refractivity contribution in [1.29, 1.82) is 0 Å². The van der Waals surface area contributed by atoms with Crippen LogP contribution in [0.2, 0.25) is 0 Å². The number of ether oxygens (including phenoxy) is 2. The number of carbonyl (C=O) groups excluding carboxylic acids is 2. The van der Waals surface area contributed by atoms with Crippen LogP contribution in [0.1, 0.15) is 25.3 Å². The van der Waals surface area contributed by atoms with Crippen molar-refractivity contribution in [3.05, 3.63) is 35.9 Å². The third-order valence-electron chi connectivity index (χ3n) is 4.25. The molecule has 1 fully saturated rings. The summed E-state index contributed by atoms with van der Waals surface area (Å²) in [6.45, 7) is 4.47. The normalized spacial score (nSPS) is 16.9. The van der Waals surface area contributed by atoms with Gasteiger partial charge in [-0.3, -0.25) is 0 Å². The van der Waals surface area contributed by atoms with Gasteiger partial charge in [-0.05, 0) is 25.3 Å². The van der Waals surface area contributed by atoms with Crippen LogP contribution in [0, 0.1) is 0 Å². The van der Waals surface area contributed by atoms with E-state index in [1.54, 1.807) is 6.92 Å². The topological polar surface area (TPSA) is 88.1 Å². The summed E-state index contributed by atoms with van der Waals surface area (Å²) >= 11 is 0. The number of nitrogens with one attached hydrogen (secondary N) is 1. The number of rotatable bonds is 7. The molecular formula is C18H26N2O5. The van der Waals surface area contributed by atoms with E-state index in [1.807, 2.05) is 30.3 Å². The van der Waals surface area contributed by atoms with Gasteiger partial charge in [0.15, 0.2) is 5.60 Å². The van der Waals surface area contributed by atoms with Crippen LogP contribution in [0.25, 0.3) is 0 Å². The quantitative estimate of drug-likeness (QED) is 0.721. The Kier molecular flexibility index (Phi) is 7.21. The van der Waals surface area contributed by atoms with Crippen molar-refractivity contribution in [3.63, 3.8) is 0 Å². The van der Waals surface area contributed by atoms with Crippen molar-refractivity contribution in [2.45, 2.75) is 32.0 Å². The number of benzene rings is 1. The van der Waals surface area contributed by atoms with Gasteiger partial charge < -0.3 is 24.8 Å². The van der Waals surface area contributed by atoms with Crippen LogP contribution >= 0.6 is 0 Å². The molecule has 25 heavy (non-hydrogen) atoms. The predicted molar refractivity (Wildman–Crippen MR) is 91.9 cm³/mol. The maximum Gasteiger partial charge on any atom is 0.407 e. The first-order valence-corrected chi connectivity index (χ1v) is 8.60. The van der Waals surface area contributed by atoms with Crippen molar-refractivity contribution in [3.8, 4) is 0 Å².